The summed E-state index contributed by atoms with van der Waals surface area (Å²) in [6.07, 6.45) is 2.23. The standard InChI is InChI=1S/C20H29N3O5S/c1-3-14-12-15(20(26)27-4-2)18(29-14)21-17(24)13-22-7-9-23(10-8-22)19(25)16-6-5-11-28-16/h12,16H,3-11,13H2,1-2H3,(H,21,24)/t16-/m1/s1. The lowest BCUT2D eigenvalue weighted by atomic mass is 10.2. The minimum absolute atomic E-state index is 0.0661. The zero-order valence-corrected chi connectivity index (χ0v) is 17.9. The lowest BCUT2D eigenvalue weighted by molar-refractivity contribution is -0.142. The number of ether oxygens (including phenoxy) is 2. The number of thiophene rings is 1. The normalized spacial score (nSPS) is 19.9. The number of nitrogens with one attached hydrogen (secondary N) is 1. The first kappa shape index (κ1) is 21.7. The molecule has 1 N–H and O–H groups in total. The second-order valence-electron chi connectivity index (χ2n) is 7.18. The zero-order chi connectivity index (χ0) is 20.8. The molecule has 0 aromatic carbocycles. The van der Waals surface area contributed by atoms with Crippen LogP contribution >= 0.6 is 11.3 Å². The molecule has 9 heteroatoms. The highest BCUT2D eigenvalue weighted by Crippen LogP contribution is 2.29. The highest BCUT2D eigenvalue weighted by atomic mass is 32.1. The van der Waals surface area contributed by atoms with Gasteiger partial charge in [0.2, 0.25) is 5.91 Å². The smallest absolute Gasteiger partial charge is 0.341 e. The maximum Gasteiger partial charge on any atom is 0.341 e. The number of hydrogen-bond donors (Lipinski definition) is 1. The summed E-state index contributed by atoms with van der Waals surface area (Å²) in [4.78, 5) is 42.0. The van der Waals surface area contributed by atoms with E-state index in [2.05, 4.69) is 5.32 Å². The Bertz CT molecular complexity index is 736. The van der Waals surface area contributed by atoms with Crippen molar-refractivity contribution in [1.82, 2.24) is 9.80 Å². The lowest BCUT2D eigenvalue weighted by Crippen LogP contribution is -2.52. The van der Waals surface area contributed by atoms with E-state index in [1.165, 1.54) is 11.3 Å². The molecule has 0 aliphatic carbocycles. The van der Waals surface area contributed by atoms with E-state index in [-0.39, 0.29) is 24.5 Å². The van der Waals surface area contributed by atoms with Crippen LogP contribution in [0.25, 0.3) is 0 Å². The molecule has 0 bridgehead atoms. The van der Waals surface area contributed by atoms with Crippen molar-refractivity contribution in [2.75, 3.05) is 51.3 Å². The Kier molecular flexibility index (Phi) is 7.63. The average Bonchev–Trinajstić information content (AvgIpc) is 3.38. The fourth-order valence-corrected chi connectivity index (χ4v) is 4.54. The first-order chi connectivity index (χ1) is 14.0. The number of carbonyl (C=O) groups is 3. The number of anilines is 1. The first-order valence-electron chi connectivity index (χ1n) is 10.2. The summed E-state index contributed by atoms with van der Waals surface area (Å²) in [5.41, 5.74) is 0.411. The van der Waals surface area contributed by atoms with Gasteiger partial charge in [-0.1, -0.05) is 6.92 Å². The maximum atomic E-state index is 12.5. The van der Waals surface area contributed by atoms with Gasteiger partial charge in [0.1, 0.15) is 11.1 Å². The number of piperazine rings is 1. The largest absolute Gasteiger partial charge is 0.462 e. The number of aryl methyl sites for hydroxylation is 1. The molecular formula is C20H29N3O5S. The summed E-state index contributed by atoms with van der Waals surface area (Å²) >= 11 is 1.40. The summed E-state index contributed by atoms with van der Waals surface area (Å²) in [6.45, 7) is 7.41. The molecule has 0 radical (unpaired) electrons. The minimum atomic E-state index is -0.417. The molecule has 2 aliphatic rings. The highest BCUT2D eigenvalue weighted by molar-refractivity contribution is 7.16. The van der Waals surface area contributed by atoms with Crippen LogP contribution in [0, 0.1) is 0 Å². The second kappa shape index (κ2) is 10.2. The number of amides is 2. The van der Waals surface area contributed by atoms with Gasteiger partial charge >= 0.3 is 5.97 Å². The third kappa shape index (κ3) is 5.55. The van der Waals surface area contributed by atoms with Gasteiger partial charge in [0.05, 0.1) is 18.7 Å². The molecule has 2 amide bonds. The van der Waals surface area contributed by atoms with Crippen molar-refractivity contribution in [3.05, 3.63) is 16.5 Å². The van der Waals surface area contributed by atoms with Crippen molar-refractivity contribution in [3.63, 3.8) is 0 Å². The quantitative estimate of drug-likeness (QED) is 0.673. The van der Waals surface area contributed by atoms with E-state index in [1.54, 1.807) is 13.0 Å². The molecule has 1 aromatic rings. The van der Waals surface area contributed by atoms with Gasteiger partial charge in [0.15, 0.2) is 0 Å². The molecule has 1 aromatic heterocycles. The summed E-state index contributed by atoms with van der Waals surface area (Å²) < 4.78 is 10.6. The van der Waals surface area contributed by atoms with Crippen LogP contribution in [-0.4, -0.2) is 79.6 Å². The number of rotatable bonds is 7. The Balaban J connectivity index is 1.51. The van der Waals surface area contributed by atoms with Gasteiger partial charge in [-0.05, 0) is 32.3 Å². The fourth-order valence-electron chi connectivity index (χ4n) is 3.54. The van der Waals surface area contributed by atoms with Gasteiger partial charge in [-0.3, -0.25) is 14.5 Å². The van der Waals surface area contributed by atoms with Crippen LogP contribution in [0.3, 0.4) is 0 Å². The van der Waals surface area contributed by atoms with Crippen molar-refractivity contribution in [2.45, 2.75) is 39.2 Å². The number of carbonyl (C=O) groups excluding carboxylic acids is 3. The summed E-state index contributed by atoms with van der Waals surface area (Å²) in [6, 6.07) is 1.79. The Morgan fingerprint density at radius 2 is 2.00 bits per heavy atom. The average molecular weight is 424 g/mol. The Morgan fingerprint density at radius 3 is 2.62 bits per heavy atom. The topological polar surface area (TPSA) is 88.2 Å². The van der Waals surface area contributed by atoms with E-state index in [1.807, 2.05) is 16.7 Å². The SMILES string of the molecule is CCOC(=O)c1cc(CC)sc1NC(=O)CN1CCN(C(=O)[C@H]2CCCO2)CC1. The van der Waals surface area contributed by atoms with E-state index < -0.39 is 5.97 Å². The van der Waals surface area contributed by atoms with Crippen LogP contribution in [0.1, 0.15) is 41.9 Å². The van der Waals surface area contributed by atoms with Gasteiger partial charge in [-0.15, -0.1) is 11.3 Å². The van der Waals surface area contributed by atoms with Gasteiger partial charge in [-0.25, -0.2) is 4.79 Å². The molecule has 0 spiro atoms. The van der Waals surface area contributed by atoms with Crippen LogP contribution in [0.2, 0.25) is 0 Å². The third-order valence-corrected chi connectivity index (χ3v) is 6.33. The van der Waals surface area contributed by atoms with Crippen molar-refractivity contribution in [3.8, 4) is 0 Å². The molecule has 1 atom stereocenters. The van der Waals surface area contributed by atoms with E-state index in [4.69, 9.17) is 9.47 Å². The maximum absolute atomic E-state index is 12.5. The Morgan fingerprint density at radius 1 is 1.24 bits per heavy atom. The highest BCUT2D eigenvalue weighted by Gasteiger charge is 2.30. The second-order valence-corrected chi connectivity index (χ2v) is 8.32. The van der Waals surface area contributed by atoms with Crippen LogP contribution in [0.4, 0.5) is 5.00 Å². The number of nitrogens with zero attached hydrogens (tertiary/aromatic N) is 2. The molecular weight excluding hydrogens is 394 g/mol. The summed E-state index contributed by atoms with van der Waals surface area (Å²) in [5, 5.41) is 3.41. The fraction of sp³-hybridized carbons (Fsp3) is 0.650. The zero-order valence-electron chi connectivity index (χ0n) is 17.1. The minimum Gasteiger partial charge on any atom is -0.462 e. The summed E-state index contributed by atoms with van der Waals surface area (Å²) in [7, 11) is 0. The van der Waals surface area contributed by atoms with Crippen molar-refractivity contribution in [1.29, 1.82) is 0 Å². The molecule has 2 aliphatic heterocycles. The Hall–Kier alpha value is -1.97. The molecule has 2 saturated heterocycles. The predicted molar refractivity (Wildman–Crippen MR) is 110 cm³/mol. The molecule has 0 saturated carbocycles. The molecule has 8 nitrogen and oxygen atoms in total. The van der Waals surface area contributed by atoms with Crippen molar-refractivity contribution in [2.24, 2.45) is 0 Å². The molecule has 3 heterocycles. The van der Waals surface area contributed by atoms with Crippen LogP contribution in [-0.2, 0) is 25.5 Å². The van der Waals surface area contributed by atoms with Gasteiger partial charge < -0.3 is 19.7 Å². The van der Waals surface area contributed by atoms with E-state index >= 15 is 0 Å². The van der Waals surface area contributed by atoms with Crippen LogP contribution in [0.5, 0.6) is 0 Å². The molecule has 0 unspecified atom stereocenters. The molecule has 2 fully saturated rings. The van der Waals surface area contributed by atoms with Gasteiger partial charge in [0, 0.05) is 37.7 Å². The van der Waals surface area contributed by atoms with E-state index in [0.717, 1.165) is 24.1 Å². The van der Waals surface area contributed by atoms with Crippen molar-refractivity contribution < 1.29 is 23.9 Å². The van der Waals surface area contributed by atoms with Crippen molar-refractivity contribution >= 4 is 34.1 Å². The number of esters is 1. The first-order valence-corrected chi connectivity index (χ1v) is 11.1. The number of hydrogen-bond acceptors (Lipinski definition) is 7. The van der Waals surface area contributed by atoms with Crippen LogP contribution in [0.15, 0.2) is 6.07 Å². The third-order valence-electron chi connectivity index (χ3n) is 5.14. The molecule has 3 rings (SSSR count). The van der Waals surface area contributed by atoms with E-state index in [9.17, 15) is 14.4 Å². The molecule has 160 valence electrons. The predicted octanol–water partition coefficient (Wildman–Crippen LogP) is 1.75. The molecule has 29 heavy (non-hydrogen) atoms. The van der Waals surface area contributed by atoms with Crippen LogP contribution < -0.4 is 5.32 Å². The van der Waals surface area contributed by atoms with Gasteiger partial charge in [0.25, 0.3) is 5.91 Å². The lowest BCUT2D eigenvalue weighted by Gasteiger charge is -2.35. The van der Waals surface area contributed by atoms with E-state index in [0.29, 0.717) is 50.0 Å². The Labute approximate surface area is 175 Å². The van der Waals surface area contributed by atoms with Gasteiger partial charge in [-0.2, -0.15) is 0 Å². The monoisotopic (exact) mass is 423 g/mol. The summed E-state index contributed by atoms with van der Waals surface area (Å²) in [5.74, 6) is -0.518.